The predicted molar refractivity (Wildman–Crippen MR) is 64.9 cm³/mol. The van der Waals surface area contributed by atoms with Crippen LogP contribution < -0.4 is 0 Å². The van der Waals surface area contributed by atoms with Gasteiger partial charge in [-0.25, -0.2) is 4.79 Å². The van der Waals surface area contributed by atoms with Gasteiger partial charge < -0.3 is 4.74 Å². The van der Waals surface area contributed by atoms with Crippen LogP contribution in [0.1, 0.15) is 11.1 Å². The molecule has 0 aliphatic heterocycles. The minimum Gasteiger partial charge on any atom is -0.466 e. The van der Waals surface area contributed by atoms with Gasteiger partial charge in [-0.05, 0) is 23.8 Å². The zero-order valence-corrected chi connectivity index (χ0v) is 10.3. The topological polar surface area (TPSA) is 50.1 Å². The van der Waals surface area contributed by atoms with E-state index in [1.165, 1.54) is 7.11 Å². The highest BCUT2D eigenvalue weighted by atomic mass is 79.9. The molecule has 0 bridgehead atoms. The van der Waals surface area contributed by atoms with E-state index >= 15 is 0 Å². The average molecular weight is 280 g/mol. The minimum atomic E-state index is -0.360. The van der Waals surface area contributed by atoms with Crippen LogP contribution in [0.15, 0.2) is 29.8 Å². The lowest BCUT2D eigenvalue weighted by molar-refractivity contribution is -0.135. The molecule has 0 heterocycles. The molecule has 82 valence electrons. The van der Waals surface area contributed by atoms with E-state index in [0.717, 1.165) is 5.56 Å². The number of hydrogen-bond acceptors (Lipinski definition) is 3. The van der Waals surface area contributed by atoms with Gasteiger partial charge in [-0.3, -0.25) is 0 Å². The van der Waals surface area contributed by atoms with Gasteiger partial charge in [0.2, 0.25) is 0 Å². The smallest absolute Gasteiger partial charge is 0.334 e. The quantitative estimate of drug-likeness (QED) is 0.485. The summed E-state index contributed by atoms with van der Waals surface area (Å²) in [5.74, 6) is -0.360. The molecule has 1 aromatic carbocycles. The first-order valence-corrected chi connectivity index (χ1v) is 5.68. The molecule has 0 aliphatic carbocycles. The van der Waals surface area contributed by atoms with Crippen LogP contribution in [0.3, 0.4) is 0 Å². The van der Waals surface area contributed by atoms with Gasteiger partial charge in [0.1, 0.15) is 0 Å². The second-order valence-corrected chi connectivity index (χ2v) is 3.59. The van der Waals surface area contributed by atoms with Crippen molar-refractivity contribution in [2.24, 2.45) is 0 Å². The maximum absolute atomic E-state index is 11.3. The van der Waals surface area contributed by atoms with Crippen LogP contribution in [0.2, 0.25) is 0 Å². The number of ether oxygens (including phenoxy) is 1. The molecule has 0 saturated carbocycles. The fraction of sp³-hybridized carbons (Fsp3) is 0.167. The summed E-state index contributed by atoms with van der Waals surface area (Å²) < 4.78 is 4.63. The highest BCUT2D eigenvalue weighted by Gasteiger charge is 2.07. The summed E-state index contributed by atoms with van der Waals surface area (Å²) in [6.07, 6.45) is 1.72. The van der Waals surface area contributed by atoms with Crippen LogP contribution in [0.25, 0.3) is 6.08 Å². The Hall–Kier alpha value is -1.60. The van der Waals surface area contributed by atoms with Gasteiger partial charge in [0.15, 0.2) is 0 Å². The number of halogens is 1. The number of nitrogens with zero attached hydrogens (tertiary/aromatic N) is 1. The van der Waals surface area contributed by atoms with Crippen molar-refractivity contribution in [1.82, 2.24) is 0 Å². The molecule has 0 saturated heterocycles. The molecule has 0 N–H and O–H groups in total. The van der Waals surface area contributed by atoms with E-state index < -0.39 is 0 Å². The molecule has 3 nitrogen and oxygen atoms in total. The fourth-order valence-corrected chi connectivity index (χ4v) is 1.53. The van der Waals surface area contributed by atoms with E-state index in [2.05, 4.69) is 20.7 Å². The zero-order chi connectivity index (χ0) is 12.0. The first-order valence-electron chi connectivity index (χ1n) is 4.56. The number of carbonyl (C=O) groups is 1. The number of carbonyl (C=O) groups excluding carboxylic acids is 1. The molecule has 0 atom stereocenters. The van der Waals surface area contributed by atoms with Gasteiger partial charge in [0.05, 0.1) is 18.7 Å². The first-order chi connectivity index (χ1) is 7.71. The second kappa shape index (κ2) is 6.09. The SMILES string of the molecule is COC(=O)/C(=C\c1ccc(C#N)cc1)CBr. The molecule has 0 spiro atoms. The van der Waals surface area contributed by atoms with E-state index in [1.807, 2.05) is 6.07 Å². The van der Waals surface area contributed by atoms with Crippen LogP contribution in [-0.4, -0.2) is 18.4 Å². The van der Waals surface area contributed by atoms with Crippen molar-refractivity contribution in [3.8, 4) is 6.07 Å². The number of esters is 1. The molecule has 0 aliphatic rings. The molecule has 1 aromatic rings. The van der Waals surface area contributed by atoms with Gasteiger partial charge in [-0.1, -0.05) is 28.1 Å². The number of nitriles is 1. The van der Waals surface area contributed by atoms with Crippen molar-refractivity contribution in [3.63, 3.8) is 0 Å². The number of rotatable bonds is 3. The van der Waals surface area contributed by atoms with Crippen LogP contribution in [0.5, 0.6) is 0 Å². The highest BCUT2D eigenvalue weighted by Crippen LogP contribution is 2.11. The highest BCUT2D eigenvalue weighted by molar-refractivity contribution is 9.09. The van der Waals surface area contributed by atoms with E-state index in [-0.39, 0.29) is 5.97 Å². The van der Waals surface area contributed by atoms with Crippen LogP contribution in [0.4, 0.5) is 0 Å². The molecular formula is C12H10BrNO2. The van der Waals surface area contributed by atoms with Crippen LogP contribution in [-0.2, 0) is 9.53 Å². The van der Waals surface area contributed by atoms with E-state index in [1.54, 1.807) is 30.3 Å². The van der Waals surface area contributed by atoms with E-state index in [4.69, 9.17) is 5.26 Å². The van der Waals surface area contributed by atoms with Crippen molar-refractivity contribution in [2.45, 2.75) is 0 Å². The summed E-state index contributed by atoms with van der Waals surface area (Å²) in [6, 6.07) is 9.00. The lowest BCUT2D eigenvalue weighted by atomic mass is 10.1. The van der Waals surface area contributed by atoms with Crippen LogP contribution in [0, 0.1) is 11.3 Å². The molecule has 0 amide bonds. The predicted octanol–water partition coefficient (Wildman–Crippen LogP) is 2.51. The summed E-state index contributed by atoms with van der Waals surface area (Å²) in [6.45, 7) is 0. The van der Waals surface area contributed by atoms with Gasteiger partial charge in [-0.2, -0.15) is 5.26 Å². The molecule has 0 unspecified atom stereocenters. The Morgan fingerprint density at radius 1 is 1.50 bits per heavy atom. The van der Waals surface area contributed by atoms with Gasteiger partial charge in [0, 0.05) is 10.9 Å². The summed E-state index contributed by atoms with van der Waals surface area (Å²) in [7, 11) is 1.34. The van der Waals surface area contributed by atoms with Gasteiger partial charge >= 0.3 is 5.97 Å². The average Bonchev–Trinajstić information content (AvgIpc) is 2.35. The Balaban J connectivity index is 2.96. The summed E-state index contributed by atoms with van der Waals surface area (Å²) in [5, 5.41) is 9.07. The van der Waals surface area contributed by atoms with Crippen molar-refractivity contribution in [1.29, 1.82) is 5.26 Å². The standard InChI is InChI=1S/C12H10BrNO2/c1-16-12(15)11(7-13)6-9-2-4-10(8-14)5-3-9/h2-6H,7H2,1H3/b11-6-. The Bertz CT molecular complexity index is 443. The third-order valence-corrected chi connectivity index (χ3v) is 2.58. The normalized spacial score (nSPS) is 10.7. The Morgan fingerprint density at radius 2 is 2.12 bits per heavy atom. The number of hydrogen-bond donors (Lipinski definition) is 0. The lowest BCUT2D eigenvalue weighted by Crippen LogP contribution is -2.05. The van der Waals surface area contributed by atoms with Crippen molar-refractivity contribution in [3.05, 3.63) is 41.0 Å². The van der Waals surface area contributed by atoms with Gasteiger partial charge in [0.25, 0.3) is 0 Å². The lowest BCUT2D eigenvalue weighted by Gasteiger charge is -2.01. The third-order valence-electron chi connectivity index (χ3n) is 1.97. The minimum absolute atomic E-state index is 0.360. The van der Waals surface area contributed by atoms with E-state index in [9.17, 15) is 4.79 Å². The molecular weight excluding hydrogens is 270 g/mol. The number of methoxy groups -OCH3 is 1. The number of alkyl halides is 1. The fourth-order valence-electron chi connectivity index (χ4n) is 1.14. The second-order valence-electron chi connectivity index (χ2n) is 3.03. The maximum Gasteiger partial charge on any atom is 0.334 e. The molecule has 1 rings (SSSR count). The van der Waals surface area contributed by atoms with Gasteiger partial charge in [-0.15, -0.1) is 0 Å². The zero-order valence-electron chi connectivity index (χ0n) is 8.74. The molecule has 0 radical (unpaired) electrons. The van der Waals surface area contributed by atoms with E-state index in [0.29, 0.717) is 16.5 Å². The molecule has 16 heavy (non-hydrogen) atoms. The Kier molecular flexibility index (Phi) is 4.74. The van der Waals surface area contributed by atoms with Crippen molar-refractivity contribution in [2.75, 3.05) is 12.4 Å². The molecule has 0 aromatic heterocycles. The van der Waals surface area contributed by atoms with Crippen molar-refractivity contribution < 1.29 is 9.53 Å². The first kappa shape index (κ1) is 12.5. The molecule has 4 heteroatoms. The van der Waals surface area contributed by atoms with Crippen molar-refractivity contribution >= 4 is 28.0 Å². The largest absolute Gasteiger partial charge is 0.466 e. The summed E-state index contributed by atoms with van der Waals surface area (Å²) in [4.78, 5) is 11.3. The van der Waals surface area contributed by atoms with Crippen LogP contribution >= 0.6 is 15.9 Å². The number of benzene rings is 1. The monoisotopic (exact) mass is 279 g/mol. The Morgan fingerprint density at radius 3 is 2.56 bits per heavy atom. The molecule has 0 fully saturated rings. The third kappa shape index (κ3) is 3.21. The summed E-state index contributed by atoms with van der Waals surface area (Å²) in [5.41, 5.74) is 1.99. The Labute approximate surface area is 102 Å². The summed E-state index contributed by atoms with van der Waals surface area (Å²) >= 11 is 3.22. The maximum atomic E-state index is 11.3.